The SMILES string of the molecule is Cc1ccccc1CN1CCC(C(=O)Nc2ccccc2C(N)=O)CC1. The fourth-order valence-corrected chi connectivity index (χ4v) is 3.42. The molecule has 0 spiro atoms. The Kier molecular flexibility index (Phi) is 5.68. The maximum atomic E-state index is 12.6. The molecule has 2 amide bonds. The van der Waals surface area contributed by atoms with Crippen LogP contribution in [0.4, 0.5) is 5.69 Å². The molecule has 1 fully saturated rings. The van der Waals surface area contributed by atoms with Crippen LogP contribution in [0.1, 0.15) is 34.3 Å². The third-order valence-corrected chi connectivity index (χ3v) is 5.06. The Morgan fingerprint density at radius 1 is 1.08 bits per heavy atom. The topological polar surface area (TPSA) is 75.4 Å². The number of para-hydroxylation sites is 1. The fraction of sp³-hybridized carbons (Fsp3) is 0.333. The van der Waals surface area contributed by atoms with Crippen molar-refractivity contribution in [3.8, 4) is 0 Å². The lowest BCUT2D eigenvalue weighted by atomic mass is 9.95. The van der Waals surface area contributed by atoms with Crippen molar-refractivity contribution in [1.29, 1.82) is 0 Å². The van der Waals surface area contributed by atoms with Gasteiger partial charge in [0.2, 0.25) is 5.91 Å². The van der Waals surface area contributed by atoms with Crippen LogP contribution in [0.5, 0.6) is 0 Å². The monoisotopic (exact) mass is 351 g/mol. The average molecular weight is 351 g/mol. The van der Waals surface area contributed by atoms with Gasteiger partial charge in [-0.3, -0.25) is 14.5 Å². The number of nitrogens with zero attached hydrogens (tertiary/aromatic N) is 1. The molecule has 26 heavy (non-hydrogen) atoms. The number of benzene rings is 2. The summed E-state index contributed by atoms with van der Waals surface area (Å²) in [6.45, 7) is 4.84. The van der Waals surface area contributed by atoms with E-state index in [1.165, 1.54) is 11.1 Å². The van der Waals surface area contributed by atoms with Crippen LogP contribution in [0.2, 0.25) is 0 Å². The molecule has 0 aromatic heterocycles. The molecule has 1 saturated heterocycles. The zero-order chi connectivity index (χ0) is 18.5. The van der Waals surface area contributed by atoms with Crippen molar-refractivity contribution >= 4 is 17.5 Å². The minimum absolute atomic E-state index is 0.0331. The number of piperidine rings is 1. The lowest BCUT2D eigenvalue weighted by Crippen LogP contribution is -2.38. The van der Waals surface area contributed by atoms with Gasteiger partial charge in [0.1, 0.15) is 0 Å². The van der Waals surface area contributed by atoms with Crippen molar-refractivity contribution in [2.75, 3.05) is 18.4 Å². The van der Waals surface area contributed by atoms with Gasteiger partial charge in [0.05, 0.1) is 11.3 Å². The van der Waals surface area contributed by atoms with Crippen molar-refractivity contribution in [2.45, 2.75) is 26.3 Å². The van der Waals surface area contributed by atoms with Gasteiger partial charge in [-0.05, 0) is 56.1 Å². The number of amides is 2. The molecule has 1 aliphatic heterocycles. The minimum Gasteiger partial charge on any atom is -0.366 e. The first-order chi connectivity index (χ1) is 12.5. The molecule has 2 aromatic carbocycles. The summed E-state index contributed by atoms with van der Waals surface area (Å²) in [6.07, 6.45) is 1.63. The van der Waals surface area contributed by atoms with E-state index in [1.54, 1.807) is 24.3 Å². The zero-order valence-corrected chi connectivity index (χ0v) is 15.1. The van der Waals surface area contributed by atoms with E-state index in [1.807, 2.05) is 0 Å². The molecule has 0 bridgehead atoms. The number of carbonyl (C=O) groups is 2. The quantitative estimate of drug-likeness (QED) is 0.870. The van der Waals surface area contributed by atoms with Crippen molar-refractivity contribution in [1.82, 2.24) is 4.90 Å². The molecule has 5 nitrogen and oxygen atoms in total. The predicted octanol–water partition coefficient (Wildman–Crippen LogP) is 2.94. The molecule has 0 radical (unpaired) electrons. The molecule has 0 saturated carbocycles. The third kappa shape index (κ3) is 4.29. The van der Waals surface area contributed by atoms with Gasteiger partial charge in [-0.25, -0.2) is 0 Å². The Hall–Kier alpha value is -2.66. The number of nitrogens with two attached hydrogens (primary N) is 1. The highest BCUT2D eigenvalue weighted by molar-refractivity contribution is 6.03. The average Bonchev–Trinajstić information content (AvgIpc) is 2.64. The predicted molar refractivity (Wildman–Crippen MR) is 103 cm³/mol. The second-order valence-corrected chi connectivity index (χ2v) is 6.88. The first-order valence-electron chi connectivity index (χ1n) is 9.01. The zero-order valence-electron chi connectivity index (χ0n) is 15.1. The first-order valence-corrected chi connectivity index (χ1v) is 9.01. The Morgan fingerprint density at radius 3 is 2.42 bits per heavy atom. The largest absolute Gasteiger partial charge is 0.366 e. The number of rotatable bonds is 5. The van der Waals surface area contributed by atoms with E-state index in [-0.39, 0.29) is 11.8 Å². The van der Waals surface area contributed by atoms with Crippen LogP contribution in [-0.4, -0.2) is 29.8 Å². The van der Waals surface area contributed by atoms with E-state index < -0.39 is 5.91 Å². The molecule has 5 heteroatoms. The normalized spacial score (nSPS) is 15.6. The highest BCUT2D eigenvalue weighted by Gasteiger charge is 2.25. The van der Waals surface area contributed by atoms with Gasteiger partial charge in [-0.1, -0.05) is 36.4 Å². The van der Waals surface area contributed by atoms with Crippen LogP contribution in [0.25, 0.3) is 0 Å². The summed E-state index contributed by atoms with van der Waals surface area (Å²) in [4.78, 5) is 26.5. The number of hydrogen-bond donors (Lipinski definition) is 2. The maximum absolute atomic E-state index is 12.6. The second kappa shape index (κ2) is 8.15. The van der Waals surface area contributed by atoms with Gasteiger partial charge in [0, 0.05) is 12.5 Å². The van der Waals surface area contributed by atoms with Gasteiger partial charge in [-0.2, -0.15) is 0 Å². The summed E-state index contributed by atoms with van der Waals surface area (Å²) in [5.74, 6) is -0.604. The molecule has 2 aromatic rings. The van der Waals surface area contributed by atoms with Gasteiger partial charge in [0.15, 0.2) is 0 Å². The van der Waals surface area contributed by atoms with Gasteiger partial charge < -0.3 is 11.1 Å². The van der Waals surface area contributed by atoms with E-state index in [0.717, 1.165) is 32.5 Å². The summed E-state index contributed by atoms with van der Waals surface area (Å²) in [7, 11) is 0. The van der Waals surface area contributed by atoms with E-state index in [2.05, 4.69) is 41.4 Å². The van der Waals surface area contributed by atoms with Crippen LogP contribution in [0.3, 0.4) is 0 Å². The van der Waals surface area contributed by atoms with Crippen LogP contribution in [-0.2, 0) is 11.3 Å². The minimum atomic E-state index is -0.533. The fourth-order valence-electron chi connectivity index (χ4n) is 3.42. The highest BCUT2D eigenvalue weighted by Crippen LogP contribution is 2.23. The summed E-state index contributed by atoms with van der Waals surface area (Å²) >= 11 is 0. The van der Waals surface area contributed by atoms with Crippen molar-refractivity contribution in [3.05, 3.63) is 65.2 Å². The number of carbonyl (C=O) groups excluding carboxylic acids is 2. The van der Waals surface area contributed by atoms with Crippen LogP contribution >= 0.6 is 0 Å². The molecule has 0 unspecified atom stereocenters. The molecule has 1 heterocycles. The Balaban J connectivity index is 1.56. The Morgan fingerprint density at radius 2 is 1.73 bits per heavy atom. The number of nitrogens with one attached hydrogen (secondary N) is 1. The number of hydrogen-bond acceptors (Lipinski definition) is 3. The van der Waals surface area contributed by atoms with Crippen LogP contribution < -0.4 is 11.1 Å². The number of anilines is 1. The van der Waals surface area contributed by atoms with Crippen LogP contribution in [0.15, 0.2) is 48.5 Å². The summed E-state index contributed by atoms with van der Waals surface area (Å²) in [5, 5.41) is 2.88. The number of primary amides is 1. The van der Waals surface area contributed by atoms with Crippen molar-refractivity contribution in [3.63, 3.8) is 0 Å². The van der Waals surface area contributed by atoms with Gasteiger partial charge in [-0.15, -0.1) is 0 Å². The third-order valence-electron chi connectivity index (χ3n) is 5.06. The molecule has 3 rings (SSSR count). The Labute approximate surface area is 154 Å². The molecule has 0 aliphatic carbocycles. The summed E-state index contributed by atoms with van der Waals surface area (Å²) in [6, 6.07) is 15.3. The molecule has 1 aliphatic rings. The first kappa shape index (κ1) is 18.1. The van der Waals surface area contributed by atoms with Gasteiger partial charge >= 0.3 is 0 Å². The smallest absolute Gasteiger partial charge is 0.250 e. The lowest BCUT2D eigenvalue weighted by molar-refractivity contribution is -0.121. The second-order valence-electron chi connectivity index (χ2n) is 6.88. The number of aryl methyl sites for hydroxylation is 1. The summed E-state index contributed by atoms with van der Waals surface area (Å²) < 4.78 is 0. The summed E-state index contributed by atoms with van der Waals surface area (Å²) in [5.41, 5.74) is 8.85. The van der Waals surface area contributed by atoms with Crippen LogP contribution in [0, 0.1) is 12.8 Å². The standard InChI is InChI=1S/C21H25N3O2/c1-15-6-2-3-7-17(15)14-24-12-10-16(11-13-24)21(26)23-19-9-5-4-8-18(19)20(22)25/h2-9,16H,10-14H2,1H3,(H2,22,25)(H,23,26). The molecule has 136 valence electrons. The van der Waals surface area contributed by atoms with E-state index in [4.69, 9.17) is 5.73 Å². The van der Waals surface area contributed by atoms with E-state index >= 15 is 0 Å². The molecular weight excluding hydrogens is 326 g/mol. The molecule has 3 N–H and O–H groups in total. The van der Waals surface area contributed by atoms with E-state index in [9.17, 15) is 9.59 Å². The maximum Gasteiger partial charge on any atom is 0.250 e. The van der Waals surface area contributed by atoms with Crippen molar-refractivity contribution in [2.24, 2.45) is 11.7 Å². The highest BCUT2D eigenvalue weighted by atomic mass is 16.2. The van der Waals surface area contributed by atoms with E-state index in [0.29, 0.717) is 11.3 Å². The lowest BCUT2D eigenvalue weighted by Gasteiger charge is -2.31. The number of likely N-dealkylation sites (tertiary alicyclic amines) is 1. The van der Waals surface area contributed by atoms with Crippen molar-refractivity contribution < 1.29 is 9.59 Å². The van der Waals surface area contributed by atoms with Gasteiger partial charge in [0.25, 0.3) is 5.91 Å². The Bertz CT molecular complexity index is 795. The molecule has 0 atom stereocenters. The molecular formula is C21H25N3O2.